The van der Waals surface area contributed by atoms with E-state index in [2.05, 4.69) is 28.2 Å². The molecule has 1 N–H and O–H groups in total. The van der Waals surface area contributed by atoms with Gasteiger partial charge in [-0.3, -0.25) is 4.79 Å². The fourth-order valence-electron chi connectivity index (χ4n) is 1.27. The van der Waals surface area contributed by atoms with Crippen LogP contribution in [0, 0.1) is 0 Å². The van der Waals surface area contributed by atoms with E-state index < -0.39 is 0 Å². The quantitative estimate of drug-likeness (QED) is 0.802. The number of carbonyl (C=O) groups excluding carboxylic acids is 1. The van der Waals surface area contributed by atoms with Gasteiger partial charge < -0.3 is 5.32 Å². The second-order valence-electron chi connectivity index (χ2n) is 3.45. The molecule has 1 unspecified atom stereocenters. The molecule has 84 valence electrons. The standard InChI is InChI=1S/C11H16BrNOS/c1-2-4-9(12)8-13-11(14)7-10-5-3-6-15-10/h3,5-6,9H,2,4,7-8H2,1H3,(H,13,14). The first-order valence-corrected chi connectivity index (χ1v) is 6.95. The molecular weight excluding hydrogens is 274 g/mol. The number of rotatable bonds is 6. The SMILES string of the molecule is CCCC(Br)CNC(=O)Cc1cccs1. The maximum Gasteiger partial charge on any atom is 0.225 e. The van der Waals surface area contributed by atoms with Crippen molar-refractivity contribution >= 4 is 33.2 Å². The Labute approximate surface area is 103 Å². The zero-order valence-corrected chi connectivity index (χ0v) is 11.2. The summed E-state index contributed by atoms with van der Waals surface area (Å²) in [6.07, 6.45) is 2.74. The number of amides is 1. The van der Waals surface area contributed by atoms with Crippen LogP contribution in [0.15, 0.2) is 17.5 Å². The molecule has 0 aliphatic heterocycles. The number of nitrogens with one attached hydrogen (secondary N) is 1. The van der Waals surface area contributed by atoms with Gasteiger partial charge in [-0.25, -0.2) is 0 Å². The summed E-state index contributed by atoms with van der Waals surface area (Å²) in [4.78, 5) is 13.0. The lowest BCUT2D eigenvalue weighted by Crippen LogP contribution is -2.30. The van der Waals surface area contributed by atoms with Crippen LogP contribution in [0.4, 0.5) is 0 Å². The maximum absolute atomic E-state index is 11.5. The van der Waals surface area contributed by atoms with Crippen LogP contribution in [0.5, 0.6) is 0 Å². The molecule has 0 saturated heterocycles. The molecule has 1 rings (SSSR count). The topological polar surface area (TPSA) is 29.1 Å². The highest BCUT2D eigenvalue weighted by Gasteiger charge is 2.07. The van der Waals surface area contributed by atoms with Crippen molar-refractivity contribution in [3.63, 3.8) is 0 Å². The molecule has 1 heterocycles. The molecule has 2 nitrogen and oxygen atoms in total. The smallest absolute Gasteiger partial charge is 0.225 e. The van der Waals surface area contributed by atoms with Crippen molar-refractivity contribution in [1.29, 1.82) is 0 Å². The third-order valence-corrected chi connectivity index (χ3v) is 3.70. The van der Waals surface area contributed by atoms with Gasteiger partial charge in [-0.2, -0.15) is 0 Å². The summed E-state index contributed by atoms with van der Waals surface area (Å²) in [5.74, 6) is 0.109. The summed E-state index contributed by atoms with van der Waals surface area (Å²) in [6, 6.07) is 3.96. The monoisotopic (exact) mass is 289 g/mol. The number of hydrogen-bond acceptors (Lipinski definition) is 2. The van der Waals surface area contributed by atoms with Gasteiger partial charge in [0.2, 0.25) is 5.91 Å². The number of halogens is 1. The van der Waals surface area contributed by atoms with Crippen LogP contribution in [-0.4, -0.2) is 17.3 Å². The molecule has 1 amide bonds. The van der Waals surface area contributed by atoms with Crippen LogP contribution in [0.25, 0.3) is 0 Å². The minimum Gasteiger partial charge on any atom is -0.355 e. The first-order chi connectivity index (χ1) is 7.22. The highest BCUT2D eigenvalue weighted by atomic mass is 79.9. The van der Waals surface area contributed by atoms with E-state index in [0.29, 0.717) is 11.2 Å². The van der Waals surface area contributed by atoms with Crippen molar-refractivity contribution in [3.05, 3.63) is 22.4 Å². The lowest BCUT2D eigenvalue weighted by Gasteiger charge is -2.09. The Hall–Kier alpha value is -0.350. The first kappa shape index (κ1) is 12.7. The molecular formula is C11H16BrNOS. The van der Waals surface area contributed by atoms with Gasteiger partial charge in [-0.15, -0.1) is 11.3 Å². The maximum atomic E-state index is 11.5. The zero-order valence-electron chi connectivity index (χ0n) is 8.83. The van der Waals surface area contributed by atoms with Crippen molar-refractivity contribution in [3.8, 4) is 0 Å². The molecule has 4 heteroatoms. The minimum atomic E-state index is 0.109. The second kappa shape index (κ2) is 7.01. The largest absolute Gasteiger partial charge is 0.355 e. The van der Waals surface area contributed by atoms with Gasteiger partial charge >= 0.3 is 0 Å². The van der Waals surface area contributed by atoms with E-state index in [9.17, 15) is 4.79 Å². The van der Waals surface area contributed by atoms with Crippen LogP contribution in [0.3, 0.4) is 0 Å². The van der Waals surface area contributed by atoms with Gasteiger partial charge in [-0.1, -0.05) is 35.3 Å². The number of thiophene rings is 1. The van der Waals surface area contributed by atoms with Gasteiger partial charge in [0.05, 0.1) is 6.42 Å². The minimum absolute atomic E-state index is 0.109. The Balaban J connectivity index is 2.19. The molecule has 1 atom stereocenters. The van der Waals surface area contributed by atoms with Gasteiger partial charge in [0, 0.05) is 16.2 Å². The van der Waals surface area contributed by atoms with Crippen molar-refractivity contribution < 1.29 is 4.79 Å². The predicted molar refractivity (Wildman–Crippen MR) is 68.7 cm³/mol. The van der Waals surface area contributed by atoms with Gasteiger partial charge in [0.15, 0.2) is 0 Å². The Morgan fingerprint density at radius 2 is 2.47 bits per heavy atom. The van der Waals surface area contributed by atoms with Crippen molar-refractivity contribution in [2.24, 2.45) is 0 Å². The van der Waals surface area contributed by atoms with E-state index in [-0.39, 0.29) is 5.91 Å². The summed E-state index contributed by atoms with van der Waals surface area (Å²) in [5.41, 5.74) is 0. The molecule has 1 aromatic heterocycles. The Bertz CT molecular complexity index is 287. The lowest BCUT2D eigenvalue weighted by molar-refractivity contribution is -0.120. The average Bonchev–Trinajstić information content (AvgIpc) is 2.68. The molecule has 0 aliphatic carbocycles. The summed E-state index contributed by atoms with van der Waals surface area (Å²) < 4.78 is 0. The second-order valence-corrected chi connectivity index (χ2v) is 5.77. The van der Waals surface area contributed by atoms with Crippen molar-refractivity contribution in [2.75, 3.05) is 6.54 Å². The summed E-state index contributed by atoms with van der Waals surface area (Å²) in [6.45, 7) is 2.86. The molecule has 0 aliphatic rings. The van der Waals surface area contributed by atoms with Crippen LogP contribution >= 0.6 is 27.3 Å². The molecule has 15 heavy (non-hydrogen) atoms. The summed E-state index contributed by atoms with van der Waals surface area (Å²) in [7, 11) is 0. The van der Waals surface area contributed by atoms with Gasteiger partial charge in [0.25, 0.3) is 0 Å². The highest BCUT2D eigenvalue weighted by Crippen LogP contribution is 2.09. The van der Waals surface area contributed by atoms with Gasteiger partial charge in [0.1, 0.15) is 0 Å². The molecule has 0 aromatic carbocycles. The number of alkyl halides is 1. The highest BCUT2D eigenvalue weighted by molar-refractivity contribution is 9.09. The van der Waals surface area contributed by atoms with Crippen LogP contribution in [0.2, 0.25) is 0 Å². The summed E-state index contributed by atoms with van der Waals surface area (Å²) >= 11 is 5.16. The Kier molecular flexibility index (Phi) is 5.95. The zero-order chi connectivity index (χ0) is 11.1. The van der Waals surface area contributed by atoms with Gasteiger partial charge in [-0.05, 0) is 17.9 Å². The molecule has 0 bridgehead atoms. The fourth-order valence-corrected chi connectivity index (χ4v) is 2.60. The van der Waals surface area contributed by atoms with Crippen LogP contribution in [0.1, 0.15) is 24.6 Å². The molecule has 0 saturated carbocycles. The number of carbonyl (C=O) groups is 1. The summed E-state index contributed by atoms with van der Waals surface area (Å²) in [5, 5.41) is 4.92. The van der Waals surface area contributed by atoms with E-state index in [0.717, 1.165) is 24.3 Å². The van der Waals surface area contributed by atoms with E-state index in [4.69, 9.17) is 0 Å². The van der Waals surface area contributed by atoms with E-state index in [1.54, 1.807) is 11.3 Å². The Morgan fingerprint density at radius 3 is 3.07 bits per heavy atom. The van der Waals surface area contributed by atoms with E-state index in [1.165, 1.54) is 0 Å². The molecule has 1 aromatic rings. The number of hydrogen-bond donors (Lipinski definition) is 1. The normalized spacial score (nSPS) is 12.4. The van der Waals surface area contributed by atoms with E-state index in [1.807, 2.05) is 17.5 Å². The van der Waals surface area contributed by atoms with Crippen molar-refractivity contribution in [1.82, 2.24) is 5.32 Å². The Morgan fingerprint density at radius 1 is 1.67 bits per heavy atom. The van der Waals surface area contributed by atoms with Crippen molar-refractivity contribution in [2.45, 2.75) is 31.0 Å². The van der Waals surface area contributed by atoms with E-state index >= 15 is 0 Å². The lowest BCUT2D eigenvalue weighted by atomic mass is 10.2. The third-order valence-electron chi connectivity index (χ3n) is 2.04. The molecule has 0 radical (unpaired) electrons. The molecule has 0 spiro atoms. The third kappa shape index (κ3) is 5.33. The van der Waals surface area contributed by atoms with Crippen LogP contribution < -0.4 is 5.32 Å². The average molecular weight is 290 g/mol. The predicted octanol–water partition coefficient (Wildman–Crippen LogP) is 2.97. The molecule has 0 fully saturated rings. The fraction of sp³-hybridized carbons (Fsp3) is 0.545. The first-order valence-electron chi connectivity index (χ1n) is 5.15. The van der Waals surface area contributed by atoms with Crippen LogP contribution in [-0.2, 0) is 11.2 Å².